The molecule has 3 nitrogen and oxygen atoms in total. The third-order valence-electron chi connectivity index (χ3n) is 2.52. The molecule has 17 heavy (non-hydrogen) atoms. The van der Waals surface area contributed by atoms with Crippen molar-refractivity contribution in [2.45, 2.75) is 25.9 Å². The molecule has 1 unspecified atom stereocenters. The monoisotopic (exact) mass is 268 g/mol. The van der Waals surface area contributed by atoms with Crippen LogP contribution in [0.15, 0.2) is 24.3 Å². The summed E-state index contributed by atoms with van der Waals surface area (Å²) in [5.41, 5.74) is 1.57. The molecule has 0 bridgehead atoms. The zero-order valence-electron chi connectivity index (χ0n) is 9.43. The molecule has 1 aromatic heterocycles. The van der Waals surface area contributed by atoms with Gasteiger partial charge >= 0.3 is 0 Å². The van der Waals surface area contributed by atoms with Gasteiger partial charge in [-0.05, 0) is 24.0 Å². The van der Waals surface area contributed by atoms with Crippen LogP contribution in [0.1, 0.15) is 35.6 Å². The molecule has 0 aliphatic carbocycles. The molecule has 0 amide bonds. The third kappa shape index (κ3) is 2.65. The van der Waals surface area contributed by atoms with Crippen LogP contribution in [0.25, 0.3) is 0 Å². The number of nitrogens with zero attached hydrogens (tertiary/aromatic N) is 2. The molecular formula is C12H13ClN2OS. The fraction of sp³-hybridized carbons (Fsp3) is 0.333. The predicted molar refractivity (Wildman–Crippen MR) is 69.4 cm³/mol. The van der Waals surface area contributed by atoms with Crippen molar-refractivity contribution in [1.82, 2.24) is 9.59 Å². The van der Waals surface area contributed by atoms with Gasteiger partial charge in [-0.2, -0.15) is 0 Å². The standard InChI is InChI=1S/C12H13ClN2OS/c1-2-5-10-12(17-15-14-10)11(16)8-6-3-4-7-9(8)13/h3-4,6-7,11,16H,2,5H2,1H3. The lowest BCUT2D eigenvalue weighted by molar-refractivity contribution is 0.223. The lowest BCUT2D eigenvalue weighted by Crippen LogP contribution is -2.02. The van der Waals surface area contributed by atoms with E-state index in [0.29, 0.717) is 10.6 Å². The van der Waals surface area contributed by atoms with Crippen molar-refractivity contribution in [3.63, 3.8) is 0 Å². The molecule has 0 aliphatic heterocycles. The van der Waals surface area contributed by atoms with Crippen LogP contribution in [0.5, 0.6) is 0 Å². The minimum absolute atomic E-state index is 0.566. The van der Waals surface area contributed by atoms with E-state index < -0.39 is 6.10 Å². The van der Waals surface area contributed by atoms with E-state index in [4.69, 9.17) is 11.6 Å². The Morgan fingerprint density at radius 3 is 2.88 bits per heavy atom. The van der Waals surface area contributed by atoms with Crippen molar-refractivity contribution >= 4 is 23.1 Å². The van der Waals surface area contributed by atoms with Gasteiger partial charge in [0.15, 0.2) is 0 Å². The highest BCUT2D eigenvalue weighted by Gasteiger charge is 2.20. The van der Waals surface area contributed by atoms with Gasteiger partial charge in [-0.25, -0.2) is 0 Å². The van der Waals surface area contributed by atoms with Gasteiger partial charge in [-0.3, -0.25) is 0 Å². The molecule has 2 rings (SSSR count). The van der Waals surface area contributed by atoms with Gasteiger partial charge < -0.3 is 5.11 Å². The summed E-state index contributed by atoms with van der Waals surface area (Å²) >= 11 is 7.30. The first-order chi connectivity index (χ1) is 8.24. The average molecular weight is 269 g/mol. The Balaban J connectivity index is 2.34. The highest BCUT2D eigenvalue weighted by Crippen LogP contribution is 2.31. The first kappa shape index (κ1) is 12.5. The Bertz CT molecular complexity index is 501. The predicted octanol–water partition coefficient (Wildman–Crippen LogP) is 3.23. The molecule has 0 radical (unpaired) electrons. The fourth-order valence-electron chi connectivity index (χ4n) is 1.67. The average Bonchev–Trinajstić information content (AvgIpc) is 2.78. The molecular weight excluding hydrogens is 256 g/mol. The number of aromatic nitrogens is 2. The number of aliphatic hydroxyl groups is 1. The van der Waals surface area contributed by atoms with E-state index in [0.717, 1.165) is 23.4 Å². The largest absolute Gasteiger partial charge is 0.383 e. The Kier molecular flexibility index (Phi) is 4.10. The highest BCUT2D eigenvalue weighted by atomic mass is 35.5. The molecule has 5 heteroatoms. The SMILES string of the molecule is CCCc1nnsc1C(O)c1ccccc1Cl. The maximum Gasteiger partial charge on any atom is 0.118 e. The topological polar surface area (TPSA) is 46.0 Å². The van der Waals surface area contributed by atoms with Gasteiger partial charge in [0.25, 0.3) is 0 Å². The van der Waals surface area contributed by atoms with Crippen molar-refractivity contribution in [1.29, 1.82) is 0 Å². The number of halogens is 1. The second-order valence-electron chi connectivity index (χ2n) is 3.76. The van der Waals surface area contributed by atoms with Crippen LogP contribution in [0.3, 0.4) is 0 Å². The number of aliphatic hydroxyl groups excluding tert-OH is 1. The smallest absolute Gasteiger partial charge is 0.118 e. The molecule has 0 saturated carbocycles. The summed E-state index contributed by atoms with van der Waals surface area (Å²) in [7, 11) is 0. The van der Waals surface area contributed by atoms with Gasteiger partial charge in [0, 0.05) is 10.6 Å². The normalized spacial score (nSPS) is 12.6. The van der Waals surface area contributed by atoms with Crippen molar-refractivity contribution in [2.75, 3.05) is 0 Å². The minimum atomic E-state index is -0.731. The Morgan fingerprint density at radius 1 is 1.41 bits per heavy atom. The van der Waals surface area contributed by atoms with Crippen LogP contribution in [-0.2, 0) is 6.42 Å². The van der Waals surface area contributed by atoms with Crippen LogP contribution in [0, 0.1) is 0 Å². The Morgan fingerprint density at radius 2 is 2.18 bits per heavy atom. The zero-order valence-corrected chi connectivity index (χ0v) is 11.0. The fourth-order valence-corrected chi connectivity index (χ4v) is 2.61. The molecule has 0 saturated heterocycles. The van der Waals surface area contributed by atoms with E-state index >= 15 is 0 Å². The van der Waals surface area contributed by atoms with Crippen LogP contribution in [0.4, 0.5) is 0 Å². The summed E-state index contributed by atoms with van der Waals surface area (Å²) in [4.78, 5) is 0.792. The summed E-state index contributed by atoms with van der Waals surface area (Å²) in [6.07, 6.45) is 1.08. The number of hydrogen-bond donors (Lipinski definition) is 1. The molecule has 90 valence electrons. The summed E-state index contributed by atoms with van der Waals surface area (Å²) in [6, 6.07) is 7.30. The van der Waals surface area contributed by atoms with Crippen LogP contribution >= 0.6 is 23.1 Å². The van der Waals surface area contributed by atoms with Gasteiger partial charge in [0.2, 0.25) is 0 Å². The third-order valence-corrected chi connectivity index (χ3v) is 3.68. The molecule has 1 aromatic carbocycles. The maximum absolute atomic E-state index is 10.3. The number of aryl methyl sites for hydroxylation is 1. The number of rotatable bonds is 4. The quantitative estimate of drug-likeness (QED) is 0.926. The maximum atomic E-state index is 10.3. The van der Waals surface area contributed by atoms with Crippen LogP contribution in [0.2, 0.25) is 5.02 Å². The van der Waals surface area contributed by atoms with E-state index in [1.165, 1.54) is 11.5 Å². The van der Waals surface area contributed by atoms with Crippen molar-refractivity contribution in [3.8, 4) is 0 Å². The highest BCUT2D eigenvalue weighted by molar-refractivity contribution is 7.05. The van der Waals surface area contributed by atoms with Crippen molar-refractivity contribution in [2.24, 2.45) is 0 Å². The van der Waals surface area contributed by atoms with Crippen LogP contribution in [-0.4, -0.2) is 14.7 Å². The summed E-state index contributed by atoms with van der Waals surface area (Å²) in [6.45, 7) is 2.07. The molecule has 2 aromatic rings. The summed E-state index contributed by atoms with van der Waals surface area (Å²) < 4.78 is 3.91. The summed E-state index contributed by atoms with van der Waals surface area (Å²) in [5, 5.41) is 14.9. The second-order valence-corrected chi connectivity index (χ2v) is 4.95. The second kappa shape index (κ2) is 5.58. The first-order valence-electron chi connectivity index (χ1n) is 5.47. The van der Waals surface area contributed by atoms with E-state index in [1.807, 2.05) is 18.2 Å². The van der Waals surface area contributed by atoms with Gasteiger partial charge in [-0.15, -0.1) is 5.10 Å². The van der Waals surface area contributed by atoms with Crippen LogP contribution < -0.4 is 0 Å². The number of hydrogen-bond acceptors (Lipinski definition) is 4. The van der Waals surface area contributed by atoms with Crippen molar-refractivity contribution in [3.05, 3.63) is 45.4 Å². The van der Waals surface area contributed by atoms with E-state index in [1.54, 1.807) is 6.07 Å². The minimum Gasteiger partial charge on any atom is -0.383 e. The lowest BCUT2D eigenvalue weighted by atomic mass is 10.1. The van der Waals surface area contributed by atoms with Crippen molar-refractivity contribution < 1.29 is 5.11 Å². The zero-order chi connectivity index (χ0) is 12.3. The Hall–Kier alpha value is -0.970. The molecule has 1 atom stereocenters. The Labute approximate surface area is 109 Å². The van der Waals surface area contributed by atoms with Gasteiger partial charge in [0.1, 0.15) is 6.10 Å². The van der Waals surface area contributed by atoms with E-state index in [2.05, 4.69) is 16.5 Å². The molecule has 1 N–H and O–H groups in total. The van der Waals surface area contributed by atoms with E-state index in [-0.39, 0.29) is 0 Å². The van der Waals surface area contributed by atoms with E-state index in [9.17, 15) is 5.11 Å². The molecule has 0 aliphatic rings. The lowest BCUT2D eigenvalue weighted by Gasteiger charge is -2.11. The first-order valence-corrected chi connectivity index (χ1v) is 6.62. The molecule has 1 heterocycles. The summed E-state index contributed by atoms with van der Waals surface area (Å²) in [5.74, 6) is 0. The number of benzene rings is 1. The molecule has 0 spiro atoms. The van der Waals surface area contributed by atoms with Gasteiger partial charge in [-0.1, -0.05) is 47.6 Å². The molecule has 0 fully saturated rings. The van der Waals surface area contributed by atoms with Gasteiger partial charge in [0.05, 0.1) is 10.6 Å².